The van der Waals surface area contributed by atoms with Gasteiger partial charge in [-0.3, -0.25) is 8.37 Å². The van der Waals surface area contributed by atoms with Gasteiger partial charge in [0.25, 0.3) is 0 Å². The summed E-state index contributed by atoms with van der Waals surface area (Å²) in [6.45, 7) is 9.16. The fourth-order valence-corrected chi connectivity index (χ4v) is 5.40. The molecule has 0 saturated heterocycles. The molecule has 0 unspecified atom stereocenters. The maximum absolute atomic E-state index is 10.2. The fraction of sp³-hybridized carbons (Fsp3) is 1.00. The standard InChI is InChI=1S/2C18H38O7S.Mg/c2*1-2-3-4-5-6-7-8-9-10-11-12-22-13-14-23-15-16-24-17-18-25-26(19,20)21;/h2*2-18H2,1H3,(H,19,20,21);/q;;+2/p-2. The van der Waals surface area contributed by atoms with Crippen LogP contribution in [0.3, 0.4) is 0 Å². The zero-order valence-electron chi connectivity index (χ0n) is 33.3. The molecule has 14 nitrogen and oxygen atoms in total. The summed E-state index contributed by atoms with van der Waals surface area (Å²) in [6, 6.07) is 0. The van der Waals surface area contributed by atoms with Crippen LogP contribution in [0.5, 0.6) is 0 Å². The van der Waals surface area contributed by atoms with Gasteiger partial charge in [-0.05, 0) is 12.8 Å². The molecule has 0 aliphatic heterocycles. The largest absolute Gasteiger partial charge is 2.00 e. The molecule has 0 atom stereocenters. The van der Waals surface area contributed by atoms with Gasteiger partial charge >= 0.3 is 23.1 Å². The van der Waals surface area contributed by atoms with Crippen molar-refractivity contribution < 1.29 is 62.7 Å². The first-order valence-electron chi connectivity index (χ1n) is 19.8. The van der Waals surface area contributed by atoms with Crippen LogP contribution in [0.4, 0.5) is 0 Å². The van der Waals surface area contributed by atoms with E-state index in [1.807, 2.05) is 0 Å². The third kappa shape index (κ3) is 61.7. The van der Waals surface area contributed by atoms with Crippen molar-refractivity contribution in [2.75, 3.05) is 92.5 Å². The molecule has 0 aromatic heterocycles. The van der Waals surface area contributed by atoms with E-state index in [9.17, 15) is 25.9 Å². The van der Waals surface area contributed by atoms with Gasteiger partial charge < -0.3 is 37.5 Å². The number of unbranched alkanes of at least 4 members (excludes halogenated alkanes) is 18. The van der Waals surface area contributed by atoms with Gasteiger partial charge in [-0.1, -0.05) is 129 Å². The normalized spacial score (nSPS) is 11.7. The first-order valence-corrected chi connectivity index (χ1v) is 22.5. The van der Waals surface area contributed by atoms with Crippen molar-refractivity contribution in [3.63, 3.8) is 0 Å². The molecule has 17 heteroatoms. The summed E-state index contributed by atoms with van der Waals surface area (Å²) >= 11 is 0. The van der Waals surface area contributed by atoms with E-state index in [2.05, 4.69) is 22.2 Å². The van der Waals surface area contributed by atoms with Crippen LogP contribution >= 0.6 is 0 Å². The Hall–Kier alpha value is 0.266. The van der Waals surface area contributed by atoms with Crippen LogP contribution in [0.25, 0.3) is 0 Å². The van der Waals surface area contributed by atoms with Crippen LogP contribution in [-0.2, 0) is 57.6 Å². The molecule has 0 saturated carbocycles. The molecule has 0 spiro atoms. The monoisotopic (exact) mass is 818 g/mol. The van der Waals surface area contributed by atoms with Crippen molar-refractivity contribution in [2.45, 2.75) is 142 Å². The van der Waals surface area contributed by atoms with E-state index in [4.69, 9.17) is 28.4 Å². The number of hydrogen-bond acceptors (Lipinski definition) is 14. The molecule has 0 aliphatic carbocycles. The molecule has 0 aromatic rings. The first-order chi connectivity index (χ1) is 25.1. The van der Waals surface area contributed by atoms with E-state index < -0.39 is 20.8 Å². The van der Waals surface area contributed by atoms with Crippen molar-refractivity contribution in [3.05, 3.63) is 0 Å². The Labute approximate surface area is 339 Å². The minimum atomic E-state index is -4.63. The second-order valence-electron chi connectivity index (χ2n) is 12.5. The molecule has 0 bridgehead atoms. The van der Waals surface area contributed by atoms with Gasteiger partial charge in [0.15, 0.2) is 0 Å². The van der Waals surface area contributed by atoms with Crippen LogP contribution in [0, 0.1) is 0 Å². The minimum absolute atomic E-state index is 0. The second-order valence-corrected chi connectivity index (χ2v) is 14.6. The van der Waals surface area contributed by atoms with Crippen molar-refractivity contribution in [3.8, 4) is 0 Å². The van der Waals surface area contributed by atoms with Crippen LogP contribution in [0.2, 0.25) is 0 Å². The van der Waals surface area contributed by atoms with Gasteiger partial charge in [-0.2, -0.15) is 0 Å². The third-order valence-corrected chi connectivity index (χ3v) is 8.59. The molecule has 0 aliphatic rings. The second kappa shape index (κ2) is 46.6. The van der Waals surface area contributed by atoms with Crippen molar-refractivity contribution >= 4 is 43.9 Å². The van der Waals surface area contributed by atoms with Crippen LogP contribution in [0.15, 0.2) is 0 Å². The predicted molar refractivity (Wildman–Crippen MR) is 206 cm³/mol. The van der Waals surface area contributed by atoms with E-state index in [-0.39, 0.29) is 49.5 Å². The molecule has 0 N–H and O–H groups in total. The SMILES string of the molecule is CCCCCCCCCCCCOCCOCCOCCOS(=O)(=O)[O-].CCCCCCCCCCCCOCCOCCOCCOS(=O)(=O)[O-].[Mg+2]. The Morgan fingerprint density at radius 1 is 0.302 bits per heavy atom. The Morgan fingerprint density at radius 3 is 0.717 bits per heavy atom. The van der Waals surface area contributed by atoms with Gasteiger partial charge in [0, 0.05) is 13.2 Å². The maximum Gasteiger partial charge on any atom is 2.00 e. The van der Waals surface area contributed by atoms with Crippen LogP contribution in [-0.4, -0.2) is 141 Å². The summed E-state index contributed by atoms with van der Waals surface area (Å²) in [7, 11) is -9.25. The smallest absolute Gasteiger partial charge is 0.726 e. The van der Waals surface area contributed by atoms with Crippen LogP contribution < -0.4 is 0 Å². The summed E-state index contributed by atoms with van der Waals surface area (Å²) < 4.78 is 101. The molecule has 0 rings (SSSR count). The summed E-state index contributed by atoms with van der Waals surface area (Å²) in [6.07, 6.45) is 26.3. The Kier molecular flexibility index (Phi) is 50.7. The zero-order chi connectivity index (χ0) is 38.7. The van der Waals surface area contributed by atoms with E-state index in [0.717, 1.165) is 26.1 Å². The molecule has 0 radical (unpaired) electrons. The van der Waals surface area contributed by atoms with Gasteiger partial charge in [0.2, 0.25) is 20.8 Å². The quantitative estimate of drug-likeness (QED) is 0.0281. The molecule has 0 aromatic carbocycles. The van der Waals surface area contributed by atoms with Gasteiger partial charge in [0.1, 0.15) is 0 Å². The van der Waals surface area contributed by atoms with Crippen LogP contribution in [0.1, 0.15) is 142 Å². The molecular weight excluding hydrogens is 745 g/mol. The third-order valence-electron chi connectivity index (χ3n) is 7.68. The van der Waals surface area contributed by atoms with E-state index in [1.54, 1.807) is 0 Å². The average molecular weight is 819 g/mol. The summed E-state index contributed by atoms with van der Waals surface area (Å²) in [5.41, 5.74) is 0. The molecule has 0 heterocycles. The summed E-state index contributed by atoms with van der Waals surface area (Å²) in [5.74, 6) is 0. The molecule has 53 heavy (non-hydrogen) atoms. The summed E-state index contributed by atoms with van der Waals surface area (Å²) in [5, 5.41) is 0. The number of hydrogen-bond donors (Lipinski definition) is 0. The van der Waals surface area contributed by atoms with Crippen molar-refractivity contribution in [1.82, 2.24) is 0 Å². The average Bonchev–Trinajstić information content (AvgIpc) is 3.09. The topological polar surface area (TPSA) is 188 Å². The Balaban J connectivity index is -0.000000926. The Bertz CT molecular complexity index is 827. The first kappa shape index (κ1) is 57.6. The van der Waals surface area contributed by atoms with E-state index in [1.165, 1.54) is 116 Å². The molecule has 0 fully saturated rings. The Morgan fingerprint density at radius 2 is 0.491 bits per heavy atom. The molecule has 316 valence electrons. The fourth-order valence-electron chi connectivity index (χ4n) is 4.86. The number of rotatable bonds is 42. The van der Waals surface area contributed by atoms with Crippen molar-refractivity contribution in [2.24, 2.45) is 0 Å². The van der Waals surface area contributed by atoms with Gasteiger partial charge in [-0.15, -0.1) is 0 Å². The van der Waals surface area contributed by atoms with E-state index >= 15 is 0 Å². The molecular formula is C36H74MgO14S2. The number of ether oxygens (including phenoxy) is 6. The predicted octanol–water partition coefficient (Wildman–Crippen LogP) is 6.49. The van der Waals surface area contributed by atoms with Gasteiger partial charge in [-0.25, -0.2) is 16.8 Å². The minimum Gasteiger partial charge on any atom is -0.726 e. The maximum atomic E-state index is 10.2. The molecule has 0 amide bonds. The zero-order valence-corrected chi connectivity index (χ0v) is 36.3. The van der Waals surface area contributed by atoms with Gasteiger partial charge in [0.05, 0.1) is 79.3 Å². The van der Waals surface area contributed by atoms with E-state index in [0.29, 0.717) is 52.9 Å². The van der Waals surface area contributed by atoms with Crippen molar-refractivity contribution in [1.29, 1.82) is 0 Å². The summed E-state index contributed by atoms with van der Waals surface area (Å²) in [4.78, 5) is 0.